The van der Waals surface area contributed by atoms with E-state index in [1.54, 1.807) is 37.3 Å². The number of benzene rings is 1. The SMILES string of the molecule is C=CCSc1nnc([C@@H](C)NS(=O)(=O)c2ccc(C)cc2)n1CC. The van der Waals surface area contributed by atoms with Gasteiger partial charge < -0.3 is 4.57 Å². The van der Waals surface area contributed by atoms with Gasteiger partial charge in [0.15, 0.2) is 11.0 Å². The standard InChI is InChI=1S/C16H22N4O2S2/c1-5-11-23-16-18-17-15(20(16)6-2)13(4)19-24(21,22)14-9-7-12(3)8-10-14/h5,7-10,13,19H,1,6,11H2,2-4H3/t13-/m1/s1. The van der Waals surface area contributed by atoms with E-state index in [9.17, 15) is 8.42 Å². The predicted octanol–water partition coefficient (Wildman–Crippen LogP) is 2.92. The molecule has 8 heteroatoms. The van der Waals surface area contributed by atoms with Gasteiger partial charge in [-0.15, -0.1) is 16.8 Å². The summed E-state index contributed by atoms with van der Waals surface area (Å²) in [6.07, 6.45) is 1.79. The van der Waals surface area contributed by atoms with Gasteiger partial charge in [-0.2, -0.15) is 0 Å². The highest BCUT2D eigenvalue weighted by Gasteiger charge is 2.23. The second-order valence-electron chi connectivity index (χ2n) is 5.34. The first kappa shape index (κ1) is 18.7. The fourth-order valence-corrected chi connectivity index (χ4v) is 4.17. The highest BCUT2D eigenvalue weighted by atomic mass is 32.2. The van der Waals surface area contributed by atoms with Crippen LogP contribution in [0.5, 0.6) is 0 Å². The number of thioether (sulfide) groups is 1. The summed E-state index contributed by atoms with van der Waals surface area (Å²) < 4.78 is 29.6. The minimum Gasteiger partial charge on any atom is -0.305 e. The molecule has 0 spiro atoms. The Morgan fingerprint density at radius 2 is 2.00 bits per heavy atom. The Labute approximate surface area is 147 Å². The lowest BCUT2D eigenvalue weighted by Gasteiger charge is -2.15. The molecule has 0 aliphatic heterocycles. The molecule has 2 rings (SSSR count). The molecule has 0 amide bonds. The number of aryl methyl sites for hydroxylation is 1. The molecule has 130 valence electrons. The van der Waals surface area contributed by atoms with E-state index in [2.05, 4.69) is 21.5 Å². The Bertz CT molecular complexity index is 798. The summed E-state index contributed by atoms with van der Waals surface area (Å²) in [6, 6.07) is 6.26. The van der Waals surface area contributed by atoms with Gasteiger partial charge in [-0.3, -0.25) is 0 Å². The fraction of sp³-hybridized carbons (Fsp3) is 0.375. The van der Waals surface area contributed by atoms with Crippen LogP contribution in [0.4, 0.5) is 0 Å². The Kier molecular flexibility index (Phi) is 6.20. The minimum atomic E-state index is -3.61. The summed E-state index contributed by atoms with van der Waals surface area (Å²) in [5, 5.41) is 9.07. The first-order valence-electron chi connectivity index (χ1n) is 7.64. The van der Waals surface area contributed by atoms with Crippen LogP contribution in [0.25, 0.3) is 0 Å². The van der Waals surface area contributed by atoms with Gasteiger partial charge >= 0.3 is 0 Å². The van der Waals surface area contributed by atoms with Gasteiger partial charge in [-0.25, -0.2) is 13.1 Å². The monoisotopic (exact) mass is 366 g/mol. The Morgan fingerprint density at radius 3 is 2.58 bits per heavy atom. The molecule has 0 aliphatic carbocycles. The molecule has 0 saturated carbocycles. The molecule has 1 aromatic heterocycles. The molecule has 1 N–H and O–H groups in total. The molecule has 0 saturated heterocycles. The average Bonchev–Trinajstić information content (AvgIpc) is 2.95. The van der Waals surface area contributed by atoms with Crippen LogP contribution in [0.15, 0.2) is 47.0 Å². The fourth-order valence-electron chi connectivity index (χ4n) is 2.23. The third-order valence-electron chi connectivity index (χ3n) is 3.44. The van der Waals surface area contributed by atoms with Crippen molar-refractivity contribution < 1.29 is 8.42 Å². The van der Waals surface area contributed by atoms with Crippen molar-refractivity contribution in [1.29, 1.82) is 0 Å². The average molecular weight is 367 g/mol. The summed E-state index contributed by atoms with van der Waals surface area (Å²) in [5.74, 6) is 1.32. The molecule has 0 unspecified atom stereocenters. The van der Waals surface area contributed by atoms with Gasteiger partial charge in [-0.05, 0) is 32.9 Å². The van der Waals surface area contributed by atoms with Crippen LogP contribution in [-0.2, 0) is 16.6 Å². The number of hydrogen-bond donors (Lipinski definition) is 1. The summed E-state index contributed by atoms with van der Waals surface area (Å²) in [4.78, 5) is 0.240. The molecule has 0 radical (unpaired) electrons. The van der Waals surface area contributed by atoms with Crippen molar-refractivity contribution in [2.75, 3.05) is 5.75 Å². The zero-order valence-electron chi connectivity index (χ0n) is 14.1. The molecule has 1 atom stereocenters. The third-order valence-corrected chi connectivity index (χ3v) is 5.96. The smallest absolute Gasteiger partial charge is 0.241 e. The maximum atomic E-state index is 12.5. The van der Waals surface area contributed by atoms with E-state index in [4.69, 9.17) is 0 Å². The maximum absolute atomic E-state index is 12.5. The first-order chi connectivity index (χ1) is 11.4. The van der Waals surface area contributed by atoms with E-state index in [0.717, 1.165) is 16.5 Å². The lowest BCUT2D eigenvalue weighted by molar-refractivity contribution is 0.539. The summed E-state index contributed by atoms with van der Waals surface area (Å²) >= 11 is 1.52. The van der Waals surface area contributed by atoms with Crippen molar-refractivity contribution in [3.05, 3.63) is 48.3 Å². The topological polar surface area (TPSA) is 76.9 Å². The van der Waals surface area contributed by atoms with Crippen molar-refractivity contribution >= 4 is 21.8 Å². The van der Waals surface area contributed by atoms with Crippen molar-refractivity contribution in [3.63, 3.8) is 0 Å². The summed E-state index contributed by atoms with van der Waals surface area (Å²) in [5.41, 5.74) is 1.01. The van der Waals surface area contributed by atoms with E-state index in [1.807, 2.05) is 18.4 Å². The van der Waals surface area contributed by atoms with Crippen LogP contribution in [0, 0.1) is 6.92 Å². The number of nitrogens with one attached hydrogen (secondary N) is 1. The molecule has 0 aliphatic rings. The Morgan fingerprint density at radius 1 is 1.33 bits per heavy atom. The van der Waals surface area contributed by atoms with Crippen molar-refractivity contribution in [2.45, 2.75) is 43.4 Å². The number of aromatic nitrogens is 3. The number of hydrogen-bond acceptors (Lipinski definition) is 5. The number of nitrogens with zero attached hydrogens (tertiary/aromatic N) is 3. The second kappa shape index (κ2) is 7.96. The van der Waals surface area contributed by atoms with E-state index in [1.165, 1.54) is 11.8 Å². The van der Waals surface area contributed by atoms with Gasteiger partial charge in [0, 0.05) is 12.3 Å². The van der Waals surface area contributed by atoms with Crippen molar-refractivity contribution in [2.24, 2.45) is 0 Å². The van der Waals surface area contributed by atoms with Crippen molar-refractivity contribution in [3.8, 4) is 0 Å². The van der Waals surface area contributed by atoms with Crippen LogP contribution in [0.2, 0.25) is 0 Å². The van der Waals surface area contributed by atoms with Gasteiger partial charge in [0.1, 0.15) is 0 Å². The minimum absolute atomic E-state index is 0.240. The molecule has 0 fully saturated rings. The molecule has 0 bridgehead atoms. The first-order valence-corrected chi connectivity index (χ1v) is 10.1. The highest BCUT2D eigenvalue weighted by Crippen LogP contribution is 2.22. The maximum Gasteiger partial charge on any atom is 0.241 e. The van der Waals surface area contributed by atoms with Gasteiger partial charge in [0.25, 0.3) is 0 Å². The normalized spacial score (nSPS) is 13.0. The van der Waals surface area contributed by atoms with Gasteiger partial charge in [-0.1, -0.05) is 35.5 Å². The zero-order valence-corrected chi connectivity index (χ0v) is 15.7. The number of rotatable bonds is 8. The van der Waals surface area contributed by atoms with E-state index in [-0.39, 0.29) is 4.90 Å². The van der Waals surface area contributed by atoms with Crippen LogP contribution < -0.4 is 4.72 Å². The Hall–Kier alpha value is -1.64. The van der Waals surface area contributed by atoms with Crippen molar-refractivity contribution in [1.82, 2.24) is 19.5 Å². The highest BCUT2D eigenvalue weighted by molar-refractivity contribution is 7.99. The van der Waals surface area contributed by atoms with Crippen LogP contribution in [0.1, 0.15) is 31.3 Å². The van der Waals surface area contributed by atoms with E-state index < -0.39 is 16.1 Å². The predicted molar refractivity (Wildman–Crippen MR) is 96.5 cm³/mol. The summed E-state index contributed by atoms with van der Waals surface area (Å²) in [7, 11) is -3.61. The van der Waals surface area contributed by atoms with Crippen LogP contribution >= 0.6 is 11.8 Å². The largest absolute Gasteiger partial charge is 0.305 e. The molecular weight excluding hydrogens is 344 g/mol. The summed E-state index contributed by atoms with van der Waals surface area (Å²) in [6.45, 7) is 10.0. The molecule has 1 heterocycles. The van der Waals surface area contributed by atoms with Crippen LogP contribution in [-0.4, -0.2) is 28.9 Å². The van der Waals surface area contributed by atoms with Gasteiger partial charge in [0.05, 0.1) is 10.9 Å². The van der Waals surface area contributed by atoms with E-state index in [0.29, 0.717) is 12.4 Å². The lowest BCUT2D eigenvalue weighted by atomic mass is 10.2. The lowest BCUT2D eigenvalue weighted by Crippen LogP contribution is -2.29. The molecule has 2 aromatic rings. The quantitative estimate of drug-likeness (QED) is 0.574. The third kappa shape index (κ3) is 4.25. The zero-order chi connectivity index (χ0) is 17.7. The second-order valence-corrected chi connectivity index (χ2v) is 8.04. The van der Waals surface area contributed by atoms with Gasteiger partial charge in [0.2, 0.25) is 10.0 Å². The molecule has 1 aromatic carbocycles. The molecular formula is C16H22N4O2S2. The van der Waals surface area contributed by atoms with Crippen LogP contribution in [0.3, 0.4) is 0 Å². The molecule has 6 nitrogen and oxygen atoms in total. The Balaban J connectivity index is 2.22. The van der Waals surface area contributed by atoms with E-state index >= 15 is 0 Å². The number of sulfonamides is 1. The molecule has 24 heavy (non-hydrogen) atoms.